The Morgan fingerprint density at radius 3 is 2.84 bits per heavy atom. The maximum absolute atomic E-state index is 13.4. The van der Waals surface area contributed by atoms with E-state index in [1.54, 1.807) is 0 Å². The second-order valence-electron chi connectivity index (χ2n) is 3.75. The van der Waals surface area contributed by atoms with Gasteiger partial charge in [0.1, 0.15) is 23.0 Å². The van der Waals surface area contributed by atoms with Gasteiger partial charge in [0.25, 0.3) is 10.0 Å². The number of sulfonamides is 1. The van der Waals surface area contributed by atoms with Crippen LogP contribution >= 0.6 is 0 Å². The fraction of sp³-hybridized carbons (Fsp3) is 0.182. The molecule has 0 fully saturated rings. The molecule has 2 heterocycles. The van der Waals surface area contributed by atoms with Crippen LogP contribution in [0.5, 0.6) is 0 Å². The lowest BCUT2D eigenvalue weighted by molar-refractivity contribution is 0.245. The molecular weight excluding hydrogens is 275 g/mol. The molecule has 0 spiro atoms. The molecular formula is C11H11FN2O4S. The lowest BCUT2D eigenvalue weighted by Gasteiger charge is -2.07. The standard InChI is InChI=1S/C11H11FN2O4S/c1-7-11(4-8(6-15)18-7)19(16,17)14-10-2-3-13-5-9(10)12/h2-5,15H,6H2,1H3,(H,13,14). The summed E-state index contributed by atoms with van der Waals surface area (Å²) in [4.78, 5) is 3.38. The van der Waals surface area contributed by atoms with Crippen LogP contribution < -0.4 is 4.72 Å². The van der Waals surface area contributed by atoms with Crippen molar-refractivity contribution in [2.24, 2.45) is 0 Å². The van der Waals surface area contributed by atoms with Gasteiger partial charge in [-0.1, -0.05) is 0 Å². The van der Waals surface area contributed by atoms with Gasteiger partial charge < -0.3 is 9.52 Å². The van der Waals surface area contributed by atoms with Crippen molar-refractivity contribution in [1.82, 2.24) is 4.98 Å². The summed E-state index contributed by atoms with van der Waals surface area (Å²) in [5, 5.41) is 8.90. The van der Waals surface area contributed by atoms with Gasteiger partial charge in [-0.25, -0.2) is 12.8 Å². The maximum atomic E-state index is 13.4. The van der Waals surface area contributed by atoms with E-state index in [1.165, 1.54) is 25.3 Å². The predicted molar refractivity (Wildman–Crippen MR) is 64.4 cm³/mol. The van der Waals surface area contributed by atoms with E-state index in [2.05, 4.69) is 9.71 Å². The van der Waals surface area contributed by atoms with Crippen molar-refractivity contribution in [2.45, 2.75) is 18.4 Å². The van der Waals surface area contributed by atoms with Crippen molar-refractivity contribution in [1.29, 1.82) is 0 Å². The lowest BCUT2D eigenvalue weighted by atomic mass is 10.4. The molecule has 0 saturated heterocycles. The highest BCUT2D eigenvalue weighted by molar-refractivity contribution is 7.92. The first-order chi connectivity index (χ1) is 8.94. The number of anilines is 1. The van der Waals surface area contributed by atoms with Gasteiger partial charge in [0.2, 0.25) is 0 Å². The first-order valence-corrected chi connectivity index (χ1v) is 6.75. The zero-order chi connectivity index (χ0) is 14.0. The zero-order valence-corrected chi connectivity index (χ0v) is 10.7. The molecule has 0 bridgehead atoms. The van der Waals surface area contributed by atoms with Crippen LogP contribution in [0.2, 0.25) is 0 Å². The maximum Gasteiger partial charge on any atom is 0.265 e. The van der Waals surface area contributed by atoms with E-state index < -0.39 is 22.4 Å². The van der Waals surface area contributed by atoms with E-state index >= 15 is 0 Å². The van der Waals surface area contributed by atoms with Gasteiger partial charge in [-0.3, -0.25) is 9.71 Å². The van der Waals surface area contributed by atoms with Crippen molar-refractivity contribution in [3.63, 3.8) is 0 Å². The second kappa shape index (κ2) is 4.98. The summed E-state index contributed by atoms with van der Waals surface area (Å²) in [6.45, 7) is 1.02. The summed E-state index contributed by atoms with van der Waals surface area (Å²) in [5.74, 6) is -0.548. The van der Waals surface area contributed by atoms with E-state index in [1.807, 2.05) is 0 Å². The van der Waals surface area contributed by atoms with E-state index in [9.17, 15) is 12.8 Å². The van der Waals surface area contributed by atoms with Crippen molar-refractivity contribution in [3.05, 3.63) is 41.9 Å². The molecule has 0 aliphatic heterocycles. The summed E-state index contributed by atoms with van der Waals surface area (Å²) in [5.41, 5.74) is -0.207. The molecule has 8 heteroatoms. The molecule has 2 aromatic rings. The van der Waals surface area contributed by atoms with Gasteiger partial charge in [0.15, 0.2) is 5.82 Å². The number of nitrogens with one attached hydrogen (secondary N) is 1. The van der Waals surface area contributed by atoms with Crippen LogP contribution in [-0.2, 0) is 16.6 Å². The molecule has 2 rings (SSSR count). The number of aryl methyl sites for hydroxylation is 1. The number of nitrogens with zero attached hydrogens (tertiary/aromatic N) is 1. The van der Waals surface area contributed by atoms with Crippen molar-refractivity contribution >= 4 is 15.7 Å². The van der Waals surface area contributed by atoms with Gasteiger partial charge in [0.05, 0.1) is 11.9 Å². The van der Waals surface area contributed by atoms with E-state index in [4.69, 9.17) is 9.52 Å². The molecule has 0 aromatic carbocycles. The Hall–Kier alpha value is -1.93. The first-order valence-electron chi connectivity index (χ1n) is 5.26. The molecule has 6 nitrogen and oxygen atoms in total. The Morgan fingerprint density at radius 1 is 1.53 bits per heavy atom. The number of aromatic nitrogens is 1. The van der Waals surface area contributed by atoms with Crippen LogP contribution in [0.4, 0.5) is 10.1 Å². The third-order valence-corrected chi connectivity index (χ3v) is 3.86. The lowest BCUT2D eigenvalue weighted by Crippen LogP contribution is -2.14. The predicted octanol–water partition coefficient (Wildman–Crippen LogP) is 1.42. The molecule has 2 N–H and O–H groups in total. The first kappa shape index (κ1) is 13.5. The highest BCUT2D eigenvalue weighted by Crippen LogP contribution is 2.23. The molecule has 0 unspecified atom stereocenters. The number of furan rings is 1. The van der Waals surface area contributed by atoms with Crippen LogP contribution in [0.1, 0.15) is 11.5 Å². The van der Waals surface area contributed by atoms with Crippen molar-refractivity contribution < 1.29 is 22.3 Å². The van der Waals surface area contributed by atoms with Gasteiger partial charge >= 0.3 is 0 Å². The Bertz CT molecular complexity index is 696. The Labute approximate surface area is 109 Å². The number of pyridine rings is 1. The smallest absolute Gasteiger partial charge is 0.265 e. The van der Waals surface area contributed by atoms with Crippen molar-refractivity contribution in [2.75, 3.05) is 4.72 Å². The van der Waals surface area contributed by atoms with E-state index in [0.29, 0.717) is 0 Å². The Kier molecular flexibility index (Phi) is 3.54. The summed E-state index contributed by atoms with van der Waals surface area (Å²) in [6.07, 6.45) is 2.17. The fourth-order valence-corrected chi connectivity index (χ4v) is 2.80. The summed E-state index contributed by atoms with van der Waals surface area (Å²) in [7, 11) is -3.98. The monoisotopic (exact) mass is 286 g/mol. The van der Waals surface area contributed by atoms with E-state index in [0.717, 1.165) is 6.20 Å². The molecule has 0 radical (unpaired) electrons. The van der Waals surface area contributed by atoms with Gasteiger partial charge in [-0.05, 0) is 13.0 Å². The van der Waals surface area contributed by atoms with Gasteiger partial charge in [-0.2, -0.15) is 0 Å². The second-order valence-corrected chi connectivity index (χ2v) is 5.40. The summed E-state index contributed by atoms with van der Waals surface area (Å²) < 4.78 is 44.6. The molecule has 19 heavy (non-hydrogen) atoms. The molecule has 0 atom stereocenters. The van der Waals surface area contributed by atoms with Crippen LogP contribution in [0.15, 0.2) is 33.8 Å². The summed E-state index contributed by atoms with van der Waals surface area (Å²) >= 11 is 0. The molecule has 2 aromatic heterocycles. The zero-order valence-electron chi connectivity index (χ0n) is 9.92. The van der Waals surface area contributed by atoms with Crippen LogP contribution in [0, 0.1) is 12.7 Å². The van der Waals surface area contributed by atoms with Crippen molar-refractivity contribution in [3.8, 4) is 0 Å². The fourth-order valence-electron chi connectivity index (χ4n) is 1.53. The quantitative estimate of drug-likeness (QED) is 0.886. The largest absolute Gasteiger partial charge is 0.462 e. The highest BCUT2D eigenvalue weighted by atomic mass is 32.2. The third-order valence-electron chi connectivity index (χ3n) is 2.39. The number of hydrogen-bond acceptors (Lipinski definition) is 5. The Morgan fingerprint density at radius 2 is 2.26 bits per heavy atom. The number of hydrogen-bond donors (Lipinski definition) is 2. The molecule has 0 saturated carbocycles. The van der Waals surface area contributed by atoms with Crippen LogP contribution in [0.25, 0.3) is 0 Å². The molecule has 0 amide bonds. The number of aliphatic hydroxyl groups excluding tert-OH is 1. The number of aliphatic hydroxyl groups is 1. The topological polar surface area (TPSA) is 92.4 Å². The minimum Gasteiger partial charge on any atom is -0.462 e. The normalized spacial score (nSPS) is 11.5. The Balaban J connectivity index is 2.38. The molecule has 0 aliphatic rings. The van der Waals surface area contributed by atoms with E-state index in [-0.39, 0.29) is 22.1 Å². The average molecular weight is 286 g/mol. The van der Waals surface area contributed by atoms with Gasteiger partial charge in [0, 0.05) is 12.3 Å². The SMILES string of the molecule is Cc1oc(CO)cc1S(=O)(=O)Nc1ccncc1F. The molecule has 102 valence electrons. The average Bonchev–Trinajstić information content (AvgIpc) is 2.74. The number of rotatable bonds is 4. The van der Waals surface area contributed by atoms with Gasteiger partial charge in [-0.15, -0.1) is 0 Å². The third kappa shape index (κ3) is 2.74. The minimum atomic E-state index is -3.98. The number of halogens is 1. The van der Waals surface area contributed by atoms with Crippen LogP contribution in [-0.4, -0.2) is 18.5 Å². The minimum absolute atomic E-state index is 0.117. The highest BCUT2D eigenvalue weighted by Gasteiger charge is 2.22. The van der Waals surface area contributed by atoms with Crippen LogP contribution in [0.3, 0.4) is 0 Å². The summed E-state index contributed by atoms with van der Waals surface area (Å²) in [6, 6.07) is 2.39. The molecule has 0 aliphatic carbocycles.